The first-order valence-electron chi connectivity index (χ1n) is 6.14. The number of hydrogen-bond donors (Lipinski definition) is 2. The zero-order valence-electron chi connectivity index (χ0n) is 10.0. The van der Waals surface area contributed by atoms with E-state index < -0.39 is 12.0 Å². The Bertz CT molecular complexity index is 435. The molecule has 0 unspecified atom stereocenters. The number of carbonyl (C=O) groups is 1. The Morgan fingerprint density at radius 3 is 2.56 bits per heavy atom. The second-order valence-electron chi connectivity index (χ2n) is 4.70. The third-order valence-electron chi connectivity index (χ3n) is 3.54. The summed E-state index contributed by atoms with van der Waals surface area (Å²) in [6, 6.07) is 7.76. The summed E-state index contributed by atoms with van der Waals surface area (Å²) in [4.78, 5) is 13.6. The van der Waals surface area contributed by atoms with E-state index in [-0.39, 0.29) is 5.37 Å². The molecule has 0 aliphatic carbocycles. The summed E-state index contributed by atoms with van der Waals surface area (Å²) in [6.45, 7) is 2.39. The number of rotatable bonds is 3. The first-order chi connectivity index (χ1) is 8.75. The number of hydrogen-bond acceptors (Lipinski definition) is 4. The lowest BCUT2D eigenvalue weighted by molar-refractivity contribution is -0.143. The summed E-state index contributed by atoms with van der Waals surface area (Å²) >= 11 is 1.71. The van der Waals surface area contributed by atoms with Gasteiger partial charge < -0.3 is 10.4 Å². The van der Waals surface area contributed by atoms with Gasteiger partial charge in [0, 0.05) is 25.4 Å². The van der Waals surface area contributed by atoms with Crippen LogP contribution in [0.25, 0.3) is 0 Å². The minimum absolute atomic E-state index is 0.0109. The van der Waals surface area contributed by atoms with Crippen molar-refractivity contribution in [3.63, 3.8) is 0 Å². The van der Waals surface area contributed by atoms with Gasteiger partial charge in [0.15, 0.2) is 0 Å². The Labute approximate surface area is 110 Å². The molecule has 2 N–H and O–H groups in total. The molecule has 3 rings (SSSR count). The lowest BCUT2D eigenvalue weighted by Gasteiger charge is -2.28. The van der Waals surface area contributed by atoms with E-state index in [0.717, 1.165) is 25.4 Å². The van der Waals surface area contributed by atoms with Crippen molar-refractivity contribution in [1.82, 2.24) is 10.2 Å². The van der Waals surface area contributed by atoms with Gasteiger partial charge in [-0.25, -0.2) is 0 Å². The average Bonchev–Trinajstić information content (AvgIpc) is 2.97. The molecule has 18 heavy (non-hydrogen) atoms. The Morgan fingerprint density at radius 1 is 1.39 bits per heavy atom. The van der Waals surface area contributed by atoms with E-state index in [1.807, 2.05) is 12.1 Å². The van der Waals surface area contributed by atoms with Crippen molar-refractivity contribution in [2.24, 2.45) is 0 Å². The van der Waals surface area contributed by atoms with Crippen LogP contribution in [0.15, 0.2) is 24.3 Å². The molecule has 0 amide bonds. The van der Waals surface area contributed by atoms with Gasteiger partial charge in [-0.1, -0.05) is 24.3 Å². The van der Waals surface area contributed by atoms with E-state index in [1.165, 1.54) is 11.1 Å². The fraction of sp³-hybridized carbons (Fsp3) is 0.462. The Morgan fingerprint density at radius 2 is 2.06 bits per heavy atom. The Hall–Kier alpha value is -1.04. The molecule has 0 saturated carbocycles. The van der Waals surface area contributed by atoms with E-state index in [0.29, 0.717) is 0 Å². The van der Waals surface area contributed by atoms with Crippen molar-refractivity contribution < 1.29 is 9.90 Å². The predicted molar refractivity (Wildman–Crippen MR) is 71.4 cm³/mol. The van der Waals surface area contributed by atoms with Crippen molar-refractivity contribution >= 4 is 17.7 Å². The fourth-order valence-electron chi connectivity index (χ4n) is 2.68. The van der Waals surface area contributed by atoms with Crippen LogP contribution in [0.3, 0.4) is 0 Å². The number of nitrogens with one attached hydrogen (secondary N) is 1. The van der Waals surface area contributed by atoms with Crippen molar-refractivity contribution in [3.8, 4) is 0 Å². The molecule has 1 aromatic carbocycles. The third-order valence-corrected chi connectivity index (χ3v) is 4.77. The molecule has 0 spiro atoms. The Kier molecular flexibility index (Phi) is 3.28. The van der Waals surface area contributed by atoms with E-state index in [4.69, 9.17) is 0 Å². The van der Waals surface area contributed by atoms with Gasteiger partial charge in [-0.15, -0.1) is 11.8 Å². The number of fused-ring (bicyclic) bond motifs is 1. The van der Waals surface area contributed by atoms with Gasteiger partial charge in [0.2, 0.25) is 0 Å². The SMILES string of the molecule is O=C(O)[C@@H]([C@@H]1NCCS1)N1Cc2ccccc2C1. The number of benzene rings is 1. The average molecular weight is 264 g/mol. The van der Waals surface area contributed by atoms with Gasteiger partial charge in [-0.2, -0.15) is 0 Å². The normalized spacial score (nSPS) is 25.0. The topological polar surface area (TPSA) is 52.6 Å². The first kappa shape index (κ1) is 12.0. The number of nitrogens with zero attached hydrogens (tertiary/aromatic N) is 1. The highest BCUT2D eigenvalue weighted by Crippen LogP contribution is 2.29. The summed E-state index contributed by atoms with van der Waals surface area (Å²) in [5.41, 5.74) is 2.51. The zero-order valence-corrected chi connectivity index (χ0v) is 10.8. The molecule has 0 radical (unpaired) electrons. The van der Waals surface area contributed by atoms with E-state index in [2.05, 4.69) is 22.3 Å². The van der Waals surface area contributed by atoms with Crippen LogP contribution in [0.4, 0.5) is 0 Å². The fourth-order valence-corrected chi connectivity index (χ4v) is 3.88. The molecular formula is C13H16N2O2S. The quantitative estimate of drug-likeness (QED) is 0.857. The summed E-state index contributed by atoms with van der Waals surface area (Å²) in [6.07, 6.45) is 0. The van der Waals surface area contributed by atoms with Gasteiger partial charge in [0.25, 0.3) is 0 Å². The zero-order chi connectivity index (χ0) is 12.5. The minimum atomic E-state index is -0.727. The monoisotopic (exact) mass is 264 g/mol. The number of carboxylic acid groups (broad SMARTS) is 1. The summed E-state index contributed by atoms with van der Waals surface area (Å²) in [5, 5.41) is 12.8. The molecule has 0 bridgehead atoms. The number of thioether (sulfide) groups is 1. The molecule has 4 nitrogen and oxygen atoms in total. The molecule has 96 valence electrons. The lowest BCUT2D eigenvalue weighted by Crippen LogP contribution is -2.49. The van der Waals surface area contributed by atoms with Crippen LogP contribution in [0, 0.1) is 0 Å². The van der Waals surface area contributed by atoms with Crippen molar-refractivity contribution in [2.45, 2.75) is 24.5 Å². The van der Waals surface area contributed by atoms with Crippen LogP contribution in [0.5, 0.6) is 0 Å². The standard InChI is InChI=1S/C13H16N2O2S/c16-13(17)11(12-14-5-6-18-12)15-7-9-3-1-2-4-10(9)8-15/h1-4,11-12,14H,5-8H2,(H,16,17)/t11-,12-/m1/s1. The predicted octanol–water partition coefficient (Wildman–Crippen LogP) is 1.12. The van der Waals surface area contributed by atoms with Gasteiger partial charge >= 0.3 is 5.97 Å². The molecule has 1 saturated heterocycles. The van der Waals surface area contributed by atoms with E-state index in [9.17, 15) is 9.90 Å². The summed E-state index contributed by atoms with van der Waals surface area (Å²) in [7, 11) is 0. The highest BCUT2D eigenvalue weighted by atomic mass is 32.2. The smallest absolute Gasteiger partial charge is 0.323 e. The molecule has 2 atom stereocenters. The van der Waals surface area contributed by atoms with Crippen molar-refractivity contribution in [1.29, 1.82) is 0 Å². The number of carboxylic acids is 1. The maximum absolute atomic E-state index is 11.5. The van der Waals surface area contributed by atoms with E-state index in [1.54, 1.807) is 11.8 Å². The van der Waals surface area contributed by atoms with Gasteiger partial charge in [0.05, 0.1) is 5.37 Å². The molecule has 1 fully saturated rings. The highest BCUT2D eigenvalue weighted by Gasteiger charge is 2.38. The third kappa shape index (κ3) is 2.13. The maximum Gasteiger partial charge on any atom is 0.323 e. The first-order valence-corrected chi connectivity index (χ1v) is 7.19. The van der Waals surface area contributed by atoms with Gasteiger partial charge in [-0.05, 0) is 11.1 Å². The van der Waals surface area contributed by atoms with Crippen LogP contribution in [0.2, 0.25) is 0 Å². The molecule has 2 aliphatic heterocycles. The van der Waals surface area contributed by atoms with Crippen LogP contribution in [-0.2, 0) is 17.9 Å². The Balaban J connectivity index is 1.79. The minimum Gasteiger partial charge on any atom is -0.480 e. The second-order valence-corrected chi connectivity index (χ2v) is 5.95. The van der Waals surface area contributed by atoms with Crippen LogP contribution in [0.1, 0.15) is 11.1 Å². The molecule has 1 aromatic rings. The van der Waals surface area contributed by atoms with Crippen LogP contribution in [-0.4, -0.2) is 39.7 Å². The van der Waals surface area contributed by atoms with Gasteiger partial charge in [0.1, 0.15) is 6.04 Å². The molecule has 5 heteroatoms. The lowest BCUT2D eigenvalue weighted by atomic mass is 10.1. The van der Waals surface area contributed by atoms with Crippen molar-refractivity contribution in [2.75, 3.05) is 12.3 Å². The second kappa shape index (κ2) is 4.91. The largest absolute Gasteiger partial charge is 0.480 e. The maximum atomic E-state index is 11.5. The van der Waals surface area contributed by atoms with Gasteiger partial charge in [-0.3, -0.25) is 9.69 Å². The number of aliphatic carboxylic acids is 1. The van der Waals surface area contributed by atoms with Crippen molar-refractivity contribution in [3.05, 3.63) is 35.4 Å². The molecule has 0 aromatic heterocycles. The highest BCUT2D eigenvalue weighted by molar-refractivity contribution is 8.00. The molecule has 2 heterocycles. The van der Waals surface area contributed by atoms with E-state index >= 15 is 0 Å². The summed E-state index contributed by atoms with van der Waals surface area (Å²) in [5.74, 6) is 0.268. The molecular weight excluding hydrogens is 248 g/mol. The molecule has 2 aliphatic rings. The van der Waals surface area contributed by atoms with Crippen LogP contribution >= 0.6 is 11.8 Å². The summed E-state index contributed by atoms with van der Waals surface area (Å²) < 4.78 is 0. The van der Waals surface area contributed by atoms with Crippen LogP contribution < -0.4 is 5.32 Å².